The van der Waals surface area contributed by atoms with Crippen molar-refractivity contribution in [2.24, 2.45) is 0 Å². The van der Waals surface area contributed by atoms with Crippen molar-refractivity contribution >= 4 is 39.0 Å². The molecule has 0 saturated carbocycles. The summed E-state index contributed by atoms with van der Waals surface area (Å²) in [5, 5.41) is 21.2. The second kappa shape index (κ2) is 10.3. The quantitative estimate of drug-likeness (QED) is 0.328. The van der Waals surface area contributed by atoms with Crippen LogP contribution in [0.25, 0.3) is 5.76 Å². The van der Waals surface area contributed by atoms with Crippen molar-refractivity contribution in [3.05, 3.63) is 105 Å². The molecule has 3 aromatic rings. The Kier molecular flexibility index (Phi) is 6.89. The van der Waals surface area contributed by atoms with Crippen LogP contribution in [-0.4, -0.2) is 30.9 Å². The molecule has 0 spiro atoms. The lowest BCUT2D eigenvalue weighted by atomic mass is 9.73. The highest BCUT2D eigenvalue weighted by atomic mass is 79.9. The van der Waals surface area contributed by atoms with E-state index in [-0.39, 0.29) is 17.4 Å². The van der Waals surface area contributed by atoms with Crippen molar-refractivity contribution in [3.8, 4) is 11.5 Å². The van der Waals surface area contributed by atoms with Crippen LogP contribution in [0.3, 0.4) is 0 Å². The summed E-state index contributed by atoms with van der Waals surface area (Å²) in [7, 11) is 3.15. The van der Waals surface area contributed by atoms with Crippen LogP contribution >= 0.6 is 15.9 Å². The Bertz CT molecular complexity index is 1430. The lowest BCUT2D eigenvalue weighted by Crippen LogP contribution is -2.42. The normalized spacial score (nSPS) is 19.0. The van der Waals surface area contributed by atoms with Crippen molar-refractivity contribution in [3.63, 3.8) is 0 Å². The average Bonchev–Trinajstić information content (AvgIpc) is 2.93. The number of hydrogen-bond acceptors (Lipinski definition) is 5. The van der Waals surface area contributed by atoms with Gasteiger partial charge in [-0.15, -0.1) is 0 Å². The molecule has 1 aliphatic heterocycles. The summed E-state index contributed by atoms with van der Waals surface area (Å²) < 4.78 is 12.1. The molecule has 0 aromatic heterocycles. The van der Waals surface area contributed by atoms with Gasteiger partial charge in [-0.3, -0.25) is 15.1 Å². The van der Waals surface area contributed by atoms with Gasteiger partial charge in [-0.25, -0.2) is 0 Å². The fraction of sp³-hybridized carbons (Fsp3) is 0.200. The predicted octanol–water partition coefficient (Wildman–Crippen LogP) is 7.02. The van der Waals surface area contributed by atoms with E-state index < -0.39 is 5.92 Å². The summed E-state index contributed by atoms with van der Waals surface area (Å²) in [4.78, 5) is 15.4. The highest BCUT2D eigenvalue weighted by Gasteiger charge is 2.43. The van der Waals surface area contributed by atoms with Gasteiger partial charge in [0.25, 0.3) is 0 Å². The van der Waals surface area contributed by atoms with Crippen molar-refractivity contribution in [1.82, 2.24) is 0 Å². The van der Waals surface area contributed by atoms with E-state index in [1.807, 2.05) is 42.5 Å². The number of carbonyl (C=O) groups excluding carboxylic acids is 1. The molecule has 1 atom stereocenters. The van der Waals surface area contributed by atoms with Gasteiger partial charge < -0.3 is 14.6 Å². The van der Waals surface area contributed by atoms with E-state index in [0.29, 0.717) is 53.2 Å². The molecule has 0 saturated heterocycles. The Labute approximate surface area is 224 Å². The van der Waals surface area contributed by atoms with Crippen LogP contribution < -0.4 is 14.4 Å². The molecule has 2 N–H and O–H groups in total. The molecule has 6 nitrogen and oxygen atoms in total. The first kappa shape index (κ1) is 24.8. The molecule has 0 unspecified atom stereocenters. The molecular weight excluding hydrogens is 532 g/mol. The minimum atomic E-state index is -0.587. The fourth-order valence-corrected chi connectivity index (χ4v) is 5.43. The van der Waals surface area contributed by atoms with Gasteiger partial charge in [-0.05, 0) is 42.7 Å². The summed E-state index contributed by atoms with van der Waals surface area (Å²) >= 11 is 3.50. The summed E-state index contributed by atoms with van der Waals surface area (Å²) in [6, 6.07) is 22.2. The van der Waals surface area contributed by atoms with E-state index >= 15 is 0 Å². The zero-order valence-corrected chi connectivity index (χ0v) is 22.2. The van der Waals surface area contributed by atoms with Gasteiger partial charge in [0, 0.05) is 45.3 Å². The predicted molar refractivity (Wildman–Crippen MR) is 149 cm³/mol. The number of rotatable bonds is 5. The number of benzene rings is 3. The van der Waals surface area contributed by atoms with Crippen LogP contribution in [-0.2, 0) is 4.79 Å². The molecule has 5 rings (SSSR count). The zero-order valence-electron chi connectivity index (χ0n) is 20.6. The van der Waals surface area contributed by atoms with Gasteiger partial charge in [0.15, 0.2) is 5.78 Å². The maximum Gasteiger partial charge on any atom is 0.161 e. The maximum atomic E-state index is 13.6. The number of allylic oxidation sites excluding steroid dienone is 2. The topological polar surface area (TPSA) is 82.8 Å². The Morgan fingerprint density at radius 3 is 2.41 bits per heavy atom. The second-order valence-electron chi connectivity index (χ2n) is 8.97. The first-order valence-corrected chi connectivity index (χ1v) is 12.8. The van der Waals surface area contributed by atoms with Crippen LogP contribution in [0.15, 0.2) is 94.1 Å². The number of ketones is 1. The summed E-state index contributed by atoms with van der Waals surface area (Å²) in [6.07, 6.45) is 1.72. The summed E-state index contributed by atoms with van der Waals surface area (Å²) in [5.41, 5.74) is 3.73. The van der Waals surface area contributed by atoms with Crippen LogP contribution in [0.1, 0.15) is 36.3 Å². The third-order valence-electron chi connectivity index (χ3n) is 6.89. The molecular formula is C30H27BrN2O4. The molecule has 2 aliphatic rings. The number of halogens is 1. The van der Waals surface area contributed by atoms with E-state index in [4.69, 9.17) is 9.47 Å². The largest absolute Gasteiger partial charge is 0.507 e. The standard InChI is InChI=1S/C30H27BrN2O4/c1-36-21-15-16-25(37-2)23(17-21)33-22-9-6-10-24(34)27(22)26(18-11-13-20(31)14-12-18)28(30(33)32)29(35)19-7-4-3-5-8-19/h3-5,7-8,11-17,26,32,35H,6,9-10H2,1-2H3/t26-/m0/s1. The highest BCUT2D eigenvalue weighted by molar-refractivity contribution is 9.10. The average molecular weight is 559 g/mol. The number of aliphatic hydroxyl groups is 1. The molecule has 3 aromatic carbocycles. The number of hydrogen-bond donors (Lipinski definition) is 2. The number of Topliss-reactive ketones (excluding diaryl/α,β-unsaturated/α-hetero) is 1. The Hall–Kier alpha value is -3.84. The van der Waals surface area contributed by atoms with Gasteiger partial charge in [0.05, 0.1) is 19.9 Å². The summed E-state index contributed by atoms with van der Waals surface area (Å²) in [5.74, 6) is 0.629. The number of nitrogens with one attached hydrogen (secondary N) is 1. The van der Waals surface area contributed by atoms with Gasteiger partial charge in [-0.1, -0.05) is 58.4 Å². The second-order valence-corrected chi connectivity index (χ2v) is 9.89. The molecule has 0 radical (unpaired) electrons. The van der Waals surface area contributed by atoms with Crippen molar-refractivity contribution in [2.45, 2.75) is 25.2 Å². The van der Waals surface area contributed by atoms with E-state index in [9.17, 15) is 15.3 Å². The number of carbonyl (C=O) groups is 1. The molecule has 1 aliphatic carbocycles. The lowest BCUT2D eigenvalue weighted by Gasteiger charge is -2.42. The molecule has 37 heavy (non-hydrogen) atoms. The van der Waals surface area contributed by atoms with E-state index in [2.05, 4.69) is 15.9 Å². The Morgan fingerprint density at radius 2 is 1.73 bits per heavy atom. The van der Waals surface area contributed by atoms with Crippen molar-refractivity contribution in [2.75, 3.05) is 19.1 Å². The number of nitrogens with zero attached hydrogens (tertiary/aromatic N) is 1. The first-order chi connectivity index (χ1) is 17.9. The molecule has 1 heterocycles. The minimum Gasteiger partial charge on any atom is -0.507 e. The zero-order chi connectivity index (χ0) is 26.1. The smallest absolute Gasteiger partial charge is 0.161 e. The maximum absolute atomic E-state index is 13.6. The fourth-order valence-electron chi connectivity index (χ4n) is 5.17. The van der Waals surface area contributed by atoms with Gasteiger partial charge in [-0.2, -0.15) is 0 Å². The Balaban J connectivity index is 1.85. The molecule has 0 bridgehead atoms. The molecule has 0 fully saturated rings. The molecule has 7 heteroatoms. The molecule has 188 valence electrons. The van der Waals surface area contributed by atoms with Gasteiger partial charge in [0.1, 0.15) is 23.1 Å². The van der Waals surface area contributed by atoms with Crippen LogP contribution in [0.5, 0.6) is 11.5 Å². The van der Waals surface area contributed by atoms with E-state index in [1.165, 1.54) is 0 Å². The van der Waals surface area contributed by atoms with Crippen LogP contribution in [0, 0.1) is 5.41 Å². The number of aliphatic hydroxyl groups excluding tert-OH is 1. The SMILES string of the molecule is COc1ccc(OC)c(N2C(=N)C(=C(O)c3ccccc3)[C@@H](c3ccc(Br)cc3)C3=C2CCCC3=O)c1. The van der Waals surface area contributed by atoms with Crippen LogP contribution in [0.2, 0.25) is 0 Å². The summed E-state index contributed by atoms with van der Waals surface area (Å²) in [6.45, 7) is 0. The lowest BCUT2D eigenvalue weighted by molar-refractivity contribution is -0.116. The third-order valence-corrected chi connectivity index (χ3v) is 7.42. The van der Waals surface area contributed by atoms with Gasteiger partial charge in [0.2, 0.25) is 0 Å². The Morgan fingerprint density at radius 1 is 1.00 bits per heavy atom. The van der Waals surface area contributed by atoms with Crippen molar-refractivity contribution in [1.29, 1.82) is 5.41 Å². The first-order valence-electron chi connectivity index (χ1n) is 12.1. The van der Waals surface area contributed by atoms with Crippen molar-refractivity contribution < 1.29 is 19.4 Å². The van der Waals surface area contributed by atoms with Crippen LogP contribution in [0.4, 0.5) is 5.69 Å². The minimum absolute atomic E-state index is 0.0203. The van der Waals surface area contributed by atoms with E-state index in [0.717, 1.165) is 15.7 Å². The number of methoxy groups -OCH3 is 2. The third kappa shape index (κ3) is 4.44. The number of ether oxygens (including phenoxy) is 2. The monoisotopic (exact) mass is 558 g/mol. The number of amidine groups is 1. The van der Waals surface area contributed by atoms with Gasteiger partial charge >= 0.3 is 0 Å². The molecule has 0 amide bonds. The highest BCUT2D eigenvalue weighted by Crippen LogP contribution is 2.49. The number of anilines is 1. The van der Waals surface area contributed by atoms with E-state index in [1.54, 1.807) is 49.5 Å².